The van der Waals surface area contributed by atoms with Crippen LogP contribution in [0, 0.1) is 11.8 Å². The molecule has 2 N–H and O–H groups in total. The van der Waals surface area contributed by atoms with Crippen molar-refractivity contribution in [3.63, 3.8) is 0 Å². The molecule has 2 aliphatic rings. The minimum atomic E-state index is 0.208. The molecule has 0 saturated carbocycles. The van der Waals surface area contributed by atoms with Gasteiger partial charge in [0.05, 0.1) is 0 Å². The maximum absolute atomic E-state index is 12.4. The van der Waals surface area contributed by atoms with E-state index in [-0.39, 0.29) is 23.8 Å². The summed E-state index contributed by atoms with van der Waals surface area (Å²) in [6.07, 6.45) is 3.10. The van der Waals surface area contributed by atoms with E-state index in [2.05, 4.69) is 13.8 Å². The van der Waals surface area contributed by atoms with E-state index in [1.807, 2.05) is 9.80 Å². The molecule has 2 unspecified atom stereocenters. The van der Waals surface area contributed by atoms with Gasteiger partial charge in [-0.2, -0.15) is 0 Å². The predicted molar refractivity (Wildman–Crippen MR) is 77.9 cm³/mol. The molecule has 2 fully saturated rings. The zero-order valence-corrected chi connectivity index (χ0v) is 12.7. The molecule has 2 aliphatic heterocycles. The summed E-state index contributed by atoms with van der Waals surface area (Å²) in [7, 11) is 0. The van der Waals surface area contributed by atoms with Crippen molar-refractivity contribution in [3.8, 4) is 0 Å². The zero-order chi connectivity index (χ0) is 14.7. The molecule has 0 aromatic rings. The van der Waals surface area contributed by atoms with Gasteiger partial charge in [0, 0.05) is 38.5 Å². The summed E-state index contributed by atoms with van der Waals surface area (Å²) in [5.41, 5.74) is 5.78. The molecule has 0 aliphatic carbocycles. The standard InChI is InChI=1S/C15H27N3O2/c1-11(2)7-12(9-16)8-15(20)17-5-6-18-13(10-17)3-4-14(18)19/h11-13H,3-10,16H2,1-2H3. The summed E-state index contributed by atoms with van der Waals surface area (Å²) in [5, 5.41) is 0. The maximum Gasteiger partial charge on any atom is 0.223 e. The van der Waals surface area contributed by atoms with Crippen molar-refractivity contribution in [2.75, 3.05) is 26.2 Å². The lowest BCUT2D eigenvalue weighted by atomic mass is 9.93. The van der Waals surface area contributed by atoms with E-state index in [1.54, 1.807) is 0 Å². The van der Waals surface area contributed by atoms with Gasteiger partial charge in [0.15, 0.2) is 0 Å². The molecule has 5 nitrogen and oxygen atoms in total. The molecule has 2 amide bonds. The maximum atomic E-state index is 12.4. The van der Waals surface area contributed by atoms with Gasteiger partial charge in [-0.15, -0.1) is 0 Å². The molecule has 2 heterocycles. The normalized spacial score (nSPS) is 24.2. The Morgan fingerprint density at radius 1 is 1.40 bits per heavy atom. The number of piperazine rings is 1. The molecule has 2 rings (SSSR count). The summed E-state index contributed by atoms with van der Waals surface area (Å²) in [4.78, 5) is 27.9. The second-order valence-electron chi connectivity index (χ2n) is 6.55. The van der Waals surface area contributed by atoms with Crippen LogP contribution in [0.15, 0.2) is 0 Å². The van der Waals surface area contributed by atoms with E-state index in [0.717, 1.165) is 12.8 Å². The quantitative estimate of drug-likeness (QED) is 0.811. The first-order chi connectivity index (χ1) is 9.51. The number of amides is 2. The number of nitrogens with zero attached hydrogens (tertiary/aromatic N) is 2. The third kappa shape index (κ3) is 3.51. The van der Waals surface area contributed by atoms with Crippen LogP contribution in [0.5, 0.6) is 0 Å². The highest BCUT2D eigenvalue weighted by Gasteiger charge is 2.36. The van der Waals surface area contributed by atoms with E-state index in [1.165, 1.54) is 0 Å². The molecule has 0 aromatic carbocycles. The number of hydrogen-bond acceptors (Lipinski definition) is 3. The van der Waals surface area contributed by atoms with Crippen LogP contribution >= 0.6 is 0 Å². The molecule has 0 bridgehead atoms. The summed E-state index contributed by atoms with van der Waals surface area (Å²) >= 11 is 0. The van der Waals surface area contributed by atoms with Crippen LogP contribution in [0.4, 0.5) is 0 Å². The third-order valence-electron chi connectivity index (χ3n) is 4.45. The molecular weight excluding hydrogens is 254 g/mol. The Labute approximate surface area is 121 Å². The molecule has 2 atom stereocenters. The number of carbonyl (C=O) groups excluding carboxylic acids is 2. The van der Waals surface area contributed by atoms with Crippen molar-refractivity contribution in [2.24, 2.45) is 17.6 Å². The minimum Gasteiger partial charge on any atom is -0.339 e. The first kappa shape index (κ1) is 15.3. The van der Waals surface area contributed by atoms with E-state index in [0.29, 0.717) is 44.9 Å². The van der Waals surface area contributed by atoms with Gasteiger partial charge in [0.25, 0.3) is 0 Å². The molecule has 114 valence electrons. The van der Waals surface area contributed by atoms with Crippen molar-refractivity contribution in [1.29, 1.82) is 0 Å². The lowest BCUT2D eigenvalue weighted by Crippen LogP contribution is -2.53. The fourth-order valence-corrected chi connectivity index (χ4v) is 3.40. The van der Waals surface area contributed by atoms with E-state index in [4.69, 9.17) is 5.73 Å². The topological polar surface area (TPSA) is 66.6 Å². The lowest BCUT2D eigenvalue weighted by molar-refractivity contribution is -0.139. The van der Waals surface area contributed by atoms with Crippen LogP contribution in [0.3, 0.4) is 0 Å². The molecule has 5 heteroatoms. The number of carbonyl (C=O) groups is 2. The predicted octanol–water partition coefficient (Wildman–Crippen LogP) is 0.831. The summed E-state index contributed by atoms with van der Waals surface area (Å²) in [6, 6.07) is 0.252. The van der Waals surface area contributed by atoms with Crippen molar-refractivity contribution in [2.45, 2.75) is 45.6 Å². The van der Waals surface area contributed by atoms with Crippen LogP contribution in [0.2, 0.25) is 0 Å². The first-order valence-electron chi connectivity index (χ1n) is 7.78. The molecule has 0 radical (unpaired) electrons. The summed E-state index contributed by atoms with van der Waals surface area (Å²) in [5.74, 6) is 1.31. The highest BCUT2D eigenvalue weighted by Crippen LogP contribution is 2.24. The number of nitrogens with two attached hydrogens (primary N) is 1. The second kappa shape index (κ2) is 6.57. The van der Waals surface area contributed by atoms with Gasteiger partial charge >= 0.3 is 0 Å². The largest absolute Gasteiger partial charge is 0.339 e. The minimum absolute atomic E-state index is 0.208. The van der Waals surface area contributed by atoms with Crippen molar-refractivity contribution in [3.05, 3.63) is 0 Å². The molecule has 2 saturated heterocycles. The Kier molecular flexibility index (Phi) is 5.02. The van der Waals surface area contributed by atoms with E-state index >= 15 is 0 Å². The van der Waals surface area contributed by atoms with Crippen LogP contribution < -0.4 is 5.73 Å². The molecule has 0 spiro atoms. The second-order valence-corrected chi connectivity index (χ2v) is 6.55. The number of hydrogen-bond donors (Lipinski definition) is 1. The van der Waals surface area contributed by atoms with E-state index in [9.17, 15) is 9.59 Å². The lowest BCUT2D eigenvalue weighted by Gasteiger charge is -2.38. The Morgan fingerprint density at radius 2 is 2.15 bits per heavy atom. The van der Waals surface area contributed by atoms with Crippen LogP contribution in [-0.2, 0) is 9.59 Å². The van der Waals surface area contributed by atoms with Gasteiger partial charge < -0.3 is 15.5 Å². The molecular formula is C15H27N3O2. The highest BCUT2D eigenvalue weighted by atomic mass is 16.2. The van der Waals surface area contributed by atoms with Gasteiger partial charge in [-0.05, 0) is 31.2 Å². The average molecular weight is 281 g/mol. The van der Waals surface area contributed by atoms with Gasteiger partial charge in [0.2, 0.25) is 11.8 Å². The SMILES string of the molecule is CC(C)CC(CN)CC(=O)N1CCN2C(=O)CCC2C1. The van der Waals surface area contributed by atoms with Crippen molar-refractivity contribution >= 4 is 11.8 Å². The Morgan fingerprint density at radius 3 is 2.80 bits per heavy atom. The first-order valence-corrected chi connectivity index (χ1v) is 7.78. The fourth-order valence-electron chi connectivity index (χ4n) is 3.40. The summed E-state index contributed by atoms with van der Waals surface area (Å²) in [6.45, 7) is 6.99. The van der Waals surface area contributed by atoms with Gasteiger partial charge in [-0.1, -0.05) is 13.8 Å². The fraction of sp³-hybridized carbons (Fsp3) is 0.867. The van der Waals surface area contributed by atoms with E-state index < -0.39 is 0 Å². The number of rotatable bonds is 5. The van der Waals surface area contributed by atoms with Crippen molar-refractivity contribution in [1.82, 2.24) is 9.80 Å². The third-order valence-corrected chi connectivity index (χ3v) is 4.45. The van der Waals surface area contributed by atoms with Gasteiger partial charge in [-0.25, -0.2) is 0 Å². The Balaban J connectivity index is 1.85. The molecule has 0 aromatic heterocycles. The van der Waals surface area contributed by atoms with Gasteiger partial charge in [-0.3, -0.25) is 9.59 Å². The van der Waals surface area contributed by atoms with Gasteiger partial charge in [0.1, 0.15) is 0 Å². The Hall–Kier alpha value is -1.10. The van der Waals surface area contributed by atoms with Crippen LogP contribution in [0.25, 0.3) is 0 Å². The Bertz CT molecular complexity index is 370. The van der Waals surface area contributed by atoms with Crippen LogP contribution in [0.1, 0.15) is 39.5 Å². The number of fused-ring (bicyclic) bond motifs is 1. The van der Waals surface area contributed by atoms with Crippen LogP contribution in [-0.4, -0.2) is 53.8 Å². The summed E-state index contributed by atoms with van der Waals surface area (Å²) < 4.78 is 0. The molecule has 20 heavy (non-hydrogen) atoms. The smallest absolute Gasteiger partial charge is 0.223 e. The average Bonchev–Trinajstić information content (AvgIpc) is 2.78. The highest BCUT2D eigenvalue weighted by molar-refractivity contribution is 5.80. The van der Waals surface area contributed by atoms with Crippen molar-refractivity contribution < 1.29 is 9.59 Å². The monoisotopic (exact) mass is 281 g/mol. The zero-order valence-electron chi connectivity index (χ0n) is 12.7.